The number of ether oxygens (including phenoxy) is 1. The van der Waals surface area contributed by atoms with E-state index in [2.05, 4.69) is 11.9 Å². The van der Waals surface area contributed by atoms with Gasteiger partial charge in [-0.25, -0.2) is 14.5 Å². The van der Waals surface area contributed by atoms with Crippen LogP contribution in [0.15, 0.2) is 36.4 Å². The molecule has 0 spiro atoms. The summed E-state index contributed by atoms with van der Waals surface area (Å²) >= 11 is 0. The Kier molecular flexibility index (Phi) is 8.31. The van der Waals surface area contributed by atoms with Crippen LogP contribution in [-0.2, 0) is 28.7 Å². The van der Waals surface area contributed by atoms with Crippen molar-refractivity contribution in [2.45, 2.75) is 39.2 Å². The lowest BCUT2D eigenvalue weighted by Crippen LogP contribution is -2.10. The van der Waals surface area contributed by atoms with E-state index in [4.69, 9.17) is 25.7 Å². The highest BCUT2D eigenvalue weighted by atomic mass is 31.2. The van der Waals surface area contributed by atoms with Crippen LogP contribution in [0.2, 0.25) is 0 Å². The molecule has 37 heavy (non-hydrogen) atoms. The highest BCUT2D eigenvalue weighted by molar-refractivity contribution is 7.46. The van der Waals surface area contributed by atoms with Gasteiger partial charge in [0.25, 0.3) is 0 Å². The molecule has 0 atom stereocenters. The maximum atomic E-state index is 11.6. The number of phosphoric ester groups is 1. The van der Waals surface area contributed by atoms with Crippen molar-refractivity contribution in [3.8, 4) is 11.5 Å². The van der Waals surface area contributed by atoms with Gasteiger partial charge in [0.15, 0.2) is 5.82 Å². The van der Waals surface area contributed by atoms with E-state index in [1.54, 1.807) is 0 Å². The van der Waals surface area contributed by atoms with Crippen molar-refractivity contribution in [2.75, 3.05) is 25.5 Å². The Morgan fingerprint density at radius 1 is 1.08 bits per heavy atom. The van der Waals surface area contributed by atoms with Crippen LogP contribution in [0, 0.1) is 0 Å². The molecule has 2 aromatic carbocycles. The average molecular weight is 530 g/mol. The number of nitrogens with zero attached hydrogens (tertiary/aromatic N) is 3. The number of pyridine rings is 1. The first-order chi connectivity index (χ1) is 17.7. The number of phenols is 1. The quantitative estimate of drug-likeness (QED) is 0.135. The van der Waals surface area contributed by atoms with E-state index in [1.807, 2.05) is 22.8 Å². The molecule has 4 rings (SSSR count). The number of fused-ring (bicyclic) bond motifs is 3. The minimum Gasteiger partial charge on any atom is -0.508 e. The lowest BCUT2D eigenvalue weighted by molar-refractivity contribution is 0.145. The monoisotopic (exact) mass is 529 g/mol. The van der Waals surface area contributed by atoms with Crippen LogP contribution in [0.3, 0.4) is 0 Å². The van der Waals surface area contributed by atoms with Crippen molar-refractivity contribution in [2.24, 2.45) is 5.73 Å². The molecule has 7 N–H and O–H groups in total. The fourth-order valence-electron chi connectivity index (χ4n) is 4.31. The number of rotatable bonds is 12. The van der Waals surface area contributed by atoms with E-state index in [0.717, 1.165) is 35.1 Å². The maximum absolute atomic E-state index is 11.6. The number of aromatic hydroxyl groups is 1. The zero-order valence-corrected chi connectivity index (χ0v) is 21.5. The number of phenolic OH excluding ortho intramolecular Hbond substituents is 1. The molecule has 0 fully saturated rings. The number of benzene rings is 2. The second-order valence-electron chi connectivity index (χ2n) is 8.79. The number of nitrogen functional groups attached to an aromatic ring is 1. The fraction of sp³-hybridized carbons (Fsp3) is 0.360. The van der Waals surface area contributed by atoms with E-state index in [1.165, 1.54) is 18.2 Å². The number of nitrogens with two attached hydrogens (primary N) is 2. The lowest BCUT2D eigenvalue weighted by Gasteiger charge is -2.16. The minimum absolute atomic E-state index is 0.0273. The van der Waals surface area contributed by atoms with Crippen LogP contribution in [0.1, 0.15) is 36.7 Å². The largest absolute Gasteiger partial charge is 0.524 e. The summed E-state index contributed by atoms with van der Waals surface area (Å²) < 4.78 is 23.9. The summed E-state index contributed by atoms with van der Waals surface area (Å²) in [6, 6.07) is 10.0. The van der Waals surface area contributed by atoms with Gasteiger partial charge in [-0.1, -0.05) is 25.5 Å². The number of hydrogen-bond donors (Lipinski definition) is 5. The van der Waals surface area contributed by atoms with E-state index >= 15 is 0 Å². The molecular formula is C25H32N5O6P. The number of aromatic nitrogens is 3. The van der Waals surface area contributed by atoms with Crippen molar-refractivity contribution >= 4 is 35.6 Å². The fourth-order valence-corrected chi connectivity index (χ4v) is 4.74. The summed E-state index contributed by atoms with van der Waals surface area (Å²) in [6.07, 6.45) is 3.19. The Bertz CT molecular complexity index is 1450. The van der Waals surface area contributed by atoms with Gasteiger partial charge in [-0.3, -0.25) is 9.79 Å². The second kappa shape index (κ2) is 11.5. The maximum Gasteiger partial charge on any atom is 0.524 e. The van der Waals surface area contributed by atoms with Gasteiger partial charge in [0.1, 0.15) is 22.8 Å². The first kappa shape index (κ1) is 26.8. The van der Waals surface area contributed by atoms with Gasteiger partial charge in [-0.15, -0.1) is 0 Å². The summed E-state index contributed by atoms with van der Waals surface area (Å²) in [4.78, 5) is 28.2. The zero-order valence-electron chi connectivity index (χ0n) is 20.6. The lowest BCUT2D eigenvalue weighted by atomic mass is 10.1. The third-order valence-corrected chi connectivity index (χ3v) is 6.42. The van der Waals surface area contributed by atoms with Gasteiger partial charge < -0.3 is 30.4 Å². The van der Waals surface area contributed by atoms with Crippen LogP contribution >= 0.6 is 7.82 Å². The first-order valence-corrected chi connectivity index (χ1v) is 13.6. The molecule has 12 heteroatoms. The number of phosphoric acid groups is 1. The predicted molar refractivity (Wildman–Crippen MR) is 142 cm³/mol. The molecular weight excluding hydrogens is 497 g/mol. The standard InChI is InChI=1S/C25H32N5O6P/c1-2-3-4-22-29-23-24(30(22)15-17-14-18(31)6-8-21(17)36-37(32,33)34)19-7-5-16(9-11-35-12-10-26)13-20(19)28-25(23)27/h5-8,13-14,31H,2-4,9-12,15,26H2,1H3,(H2,27,28)(H2,32,33,34). The van der Waals surface area contributed by atoms with Crippen molar-refractivity contribution < 1.29 is 28.7 Å². The van der Waals surface area contributed by atoms with E-state index in [-0.39, 0.29) is 23.9 Å². The summed E-state index contributed by atoms with van der Waals surface area (Å²) in [6.45, 7) is 3.74. The normalized spacial score (nSPS) is 12.0. The Labute approximate surface area is 214 Å². The Morgan fingerprint density at radius 3 is 2.62 bits per heavy atom. The van der Waals surface area contributed by atoms with Gasteiger partial charge >= 0.3 is 7.82 Å². The average Bonchev–Trinajstić information content (AvgIpc) is 3.20. The van der Waals surface area contributed by atoms with Crippen LogP contribution < -0.4 is 16.0 Å². The summed E-state index contributed by atoms with van der Waals surface area (Å²) in [7, 11) is -4.82. The molecule has 198 valence electrons. The van der Waals surface area contributed by atoms with Gasteiger partial charge in [0.05, 0.1) is 30.8 Å². The Morgan fingerprint density at radius 2 is 1.89 bits per heavy atom. The summed E-state index contributed by atoms with van der Waals surface area (Å²) in [5, 5.41) is 11.0. The van der Waals surface area contributed by atoms with Gasteiger partial charge in [-0.2, -0.15) is 0 Å². The number of anilines is 1. The molecule has 0 aliphatic heterocycles. The van der Waals surface area contributed by atoms with Crippen LogP contribution in [-0.4, -0.2) is 49.2 Å². The van der Waals surface area contributed by atoms with E-state index < -0.39 is 7.82 Å². The molecule has 0 unspecified atom stereocenters. The topological polar surface area (TPSA) is 179 Å². The molecule has 0 amide bonds. The summed E-state index contributed by atoms with van der Waals surface area (Å²) in [5.41, 5.74) is 15.3. The molecule has 0 aliphatic rings. The SMILES string of the molecule is CCCCc1nc2c(N)nc3cc(CCOCCN)ccc3c2n1Cc1cc(O)ccc1OP(=O)(O)O. The van der Waals surface area contributed by atoms with Crippen molar-refractivity contribution in [1.29, 1.82) is 0 Å². The van der Waals surface area contributed by atoms with Crippen molar-refractivity contribution in [1.82, 2.24) is 14.5 Å². The predicted octanol–water partition coefficient (Wildman–Crippen LogP) is 3.25. The smallest absolute Gasteiger partial charge is 0.508 e. The molecule has 0 saturated heterocycles. The highest BCUT2D eigenvalue weighted by Crippen LogP contribution is 2.41. The van der Waals surface area contributed by atoms with Gasteiger partial charge in [-0.05, 0) is 42.7 Å². The van der Waals surface area contributed by atoms with E-state index in [9.17, 15) is 19.5 Å². The first-order valence-electron chi connectivity index (χ1n) is 12.1. The highest BCUT2D eigenvalue weighted by Gasteiger charge is 2.22. The van der Waals surface area contributed by atoms with Gasteiger partial charge in [0.2, 0.25) is 0 Å². The molecule has 11 nitrogen and oxygen atoms in total. The van der Waals surface area contributed by atoms with Crippen molar-refractivity contribution in [3.63, 3.8) is 0 Å². The molecule has 4 aromatic rings. The molecule has 0 aliphatic carbocycles. The van der Waals surface area contributed by atoms with Crippen LogP contribution in [0.25, 0.3) is 21.9 Å². The van der Waals surface area contributed by atoms with Crippen LogP contribution in [0.4, 0.5) is 5.82 Å². The molecule has 2 aromatic heterocycles. The number of aryl methyl sites for hydroxylation is 1. The van der Waals surface area contributed by atoms with Crippen molar-refractivity contribution in [3.05, 3.63) is 53.3 Å². The molecule has 0 radical (unpaired) electrons. The number of imidazole rings is 1. The third-order valence-electron chi connectivity index (χ3n) is 5.99. The minimum atomic E-state index is -4.82. The number of hydrogen-bond acceptors (Lipinski definition) is 8. The molecule has 2 heterocycles. The Balaban J connectivity index is 1.84. The number of unbranched alkanes of at least 4 members (excludes halogenated alkanes) is 1. The van der Waals surface area contributed by atoms with E-state index in [0.29, 0.717) is 49.2 Å². The second-order valence-corrected chi connectivity index (χ2v) is 9.95. The van der Waals surface area contributed by atoms with Crippen LogP contribution in [0.5, 0.6) is 11.5 Å². The zero-order chi connectivity index (χ0) is 26.6. The third kappa shape index (κ3) is 6.38. The molecule has 0 saturated carbocycles. The molecule has 0 bridgehead atoms. The summed E-state index contributed by atoms with van der Waals surface area (Å²) in [5.74, 6) is 0.960. The van der Waals surface area contributed by atoms with Gasteiger partial charge in [0, 0.05) is 23.9 Å². The Hall–Kier alpha value is -3.21.